The van der Waals surface area contributed by atoms with Crippen LogP contribution in [0.15, 0.2) is 27.7 Å². The van der Waals surface area contributed by atoms with Crippen molar-refractivity contribution >= 4 is 29.5 Å². The fourth-order valence-electron chi connectivity index (χ4n) is 5.24. The molecule has 39 heavy (non-hydrogen) atoms. The van der Waals surface area contributed by atoms with Gasteiger partial charge in [-0.05, 0) is 35.8 Å². The maximum atomic E-state index is 13.1. The number of aromatic nitrogens is 2. The van der Waals surface area contributed by atoms with Crippen LogP contribution in [0.4, 0.5) is 5.88 Å². The standard InChI is InChI=1S/C29H43N5O4S/c1-28(2,3)22-16-21(17-23(26(22)36)29(4,5)6)39-19-25(35)32-12-14-33(15-13-32)34-18-24(38-31-34)30-27(37)20-10-8-7-9-11-20/h16-18,20H,7-15,19H2,1-6H3,(H-,30,31,36,37)/p+1. The number of benzene rings is 1. The van der Waals surface area contributed by atoms with E-state index < -0.39 is 0 Å². The average molecular weight is 559 g/mol. The van der Waals surface area contributed by atoms with Crippen molar-refractivity contribution in [3.63, 3.8) is 0 Å². The normalized spacial score (nSPS) is 17.4. The molecule has 1 aromatic heterocycles. The Morgan fingerprint density at radius 1 is 1.03 bits per heavy atom. The first-order valence-corrected chi connectivity index (χ1v) is 15.0. The molecule has 0 bridgehead atoms. The minimum atomic E-state index is -0.210. The second-order valence-corrected chi connectivity index (χ2v) is 13.8. The van der Waals surface area contributed by atoms with Crippen LogP contribution in [0.5, 0.6) is 5.75 Å². The molecule has 0 spiro atoms. The van der Waals surface area contributed by atoms with Gasteiger partial charge in [0.05, 0.1) is 23.6 Å². The summed E-state index contributed by atoms with van der Waals surface area (Å²) in [6.07, 6.45) is 6.94. The van der Waals surface area contributed by atoms with Crippen LogP contribution < -0.4 is 15.1 Å². The predicted octanol–water partition coefficient (Wildman–Crippen LogP) is 4.35. The van der Waals surface area contributed by atoms with Crippen molar-refractivity contribution < 1.29 is 24.0 Å². The van der Waals surface area contributed by atoms with Gasteiger partial charge in [-0.25, -0.2) is 0 Å². The molecule has 2 aliphatic rings. The quantitative estimate of drug-likeness (QED) is 0.401. The molecular weight excluding hydrogens is 514 g/mol. The Kier molecular flexibility index (Phi) is 8.83. The zero-order valence-electron chi connectivity index (χ0n) is 24.2. The van der Waals surface area contributed by atoms with E-state index in [1.54, 1.807) is 11.0 Å². The molecule has 0 atom stereocenters. The van der Waals surface area contributed by atoms with Gasteiger partial charge in [0.2, 0.25) is 17.1 Å². The van der Waals surface area contributed by atoms with E-state index in [4.69, 9.17) is 4.52 Å². The van der Waals surface area contributed by atoms with Crippen LogP contribution in [0.25, 0.3) is 0 Å². The molecule has 1 aliphatic carbocycles. The van der Waals surface area contributed by atoms with Crippen molar-refractivity contribution in [2.24, 2.45) is 5.92 Å². The summed E-state index contributed by atoms with van der Waals surface area (Å²) in [5.41, 5.74) is 1.38. The number of phenolic OH excluding ortho intramolecular Hbond substituents is 1. The number of phenols is 1. The molecule has 1 saturated carbocycles. The van der Waals surface area contributed by atoms with Gasteiger partial charge in [-0.3, -0.25) is 19.4 Å². The molecule has 2 heterocycles. The van der Waals surface area contributed by atoms with Gasteiger partial charge in [0.25, 0.3) is 6.20 Å². The Morgan fingerprint density at radius 2 is 1.62 bits per heavy atom. The summed E-state index contributed by atoms with van der Waals surface area (Å²) in [6.45, 7) is 14.9. The van der Waals surface area contributed by atoms with Crippen molar-refractivity contribution in [2.75, 3.05) is 42.3 Å². The molecule has 214 valence electrons. The number of hydrogen-bond acceptors (Lipinski definition) is 7. The number of nitrogens with zero attached hydrogens (tertiary/aromatic N) is 4. The fraction of sp³-hybridized carbons (Fsp3) is 0.655. The second-order valence-electron chi connectivity index (χ2n) is 12.8. The van der Waals surface area contributed by atoms with E-state index >= 15 is 0 Å². The molecule has 1 aromatic carbocycles. The van der Waals surface area contributed by atoms with Crippen molar-refractivity contribution in [1.82, 2.24) is 10.2 Å². The highest BCUT2D eigenvalue weighted by molar-refractivity contribution is 8.00. The van der Waals surface area contributed by atoms with Crippen LogP contribution in [0.2, 0.25) is 0 Å². The number of nitrogens with one attached hydrogen (secondary N) is 1. The van der Waals surface area contributed by atoms with Gasteiger partial charge in [0.1, 0.15) is 5.75 Å². The summed E-state index contributed by atoms with van der Waals surface area (Å²) in [5.74, 6) is 1.18. The monoisotopic (exact) mass is 558 g/mol. The number of thioether (sulfide) groups is 1. The molecule has 1 aliphatic heterocycles. The largest absolute Gasteiger partial charge is 0.507 e. The van der Waals surface area contributed by atoms with E-state index in [0.717, 1.165) is 41.7 Å². The van der Waals surface area contributed by atoms with E-state index in [9.17, 15) is 14.7 Å². The highest BCUT2D eigenvalue weighted by atomic mass is 32.2. The lowest BCUT2D eigenvalue weighted by Crippen LogP contribution is -2.66. The third-order valence-corrected chi connectivity index (χ3v) is 8.60. The summed E-state index contributed by atoms with van der Waals surface area (Å²) in [6, 6.07) is 4.04. The lowest BCUT2D eigenvalue weighted by molar-refractivity contribution is -0.759. The Bertz CT molecular complexity index is 1130. The van der Waals surface area contributed by atoms with E-state index in [0.29, 0.717) is 43.6 Å². The van der Waals surface area contributed by atoms with Crippen LogP contribution in [0.1, 0.15) is 84.8 Å². The minimum Gasteiger partial charge on any atom is -0.507 e. The third kappa shape index (κ3) is 7.26. The SMILES string of the molecule is CC(C)(C)c1cc(SCC(=O)N2CCN([n+]3cc(NC(=O)C4CCCCC4)on3)CC2)cc(C(C)(C)C)c1O. The first-order chi connectivity index (χ1) is 18.3. The molecular formula is C29H44N5O4S+. The van der Waals surface area contributed by atoms with E-state index in [-0.39, 0.29) is 28.6 Å². The van der Waals surface area contributed by atoms with Gasteiger partial charge in [0.15, 0.2) is 0 Å². The van der Waals surface area contributed by atoms with Gasteiger partial charge in [0, 0.05) is 35.0 Å². The Hall–Kier alpha value is -2.75. The summed E-state index contributed by atoms with van der Waals surface area (Å²) >= 11 is 1.52. The lowest BCUT2D eigenvalue weighted by atomic mass is 9.79. The fourth-order valence-corrected chi connectivity index (χ4v) is 6.11. The zero-order valence-corrected chi connectivity index (χ0v) is 25.1. The number of carbonyl (C=O) groups excluding carboxylic acids is 2. The van der Waals surface area contributed by atoms with Crippen molar-refractivity contribution in [3.8, 4) is 5.75 Å². The van der Waals surface area contributed by atoms with Gasteiger partial charge in [-0.1, -0.05) is 60.8 Å². The lowest BCUT2D eigenvalue weighted by Gasteiger charge is -2.30. The highest BCUT2D eigenvalue weighted by Crippen LogP contribution is 2.41. The van der Waals surface area contributed by atoms with Crippen LogP contribution in [-0.4, -0.2) is 59.0 Å². The first kappa shape index (κ1) is 29.2. The third-order valence-electron chi connectivity index (χ3n) is 7.64. The Balaban J connectivity index is 1.31. The maximum Gasteiger partial charge on any atom is 0.305 e. The summed E-state index contributed by atoms with van der Waals surface area (Å²) in [7, 11) is 0. The van der Waals surface area contributed by atoms with E-state index in [2.05, 4.69) is 52.1 Å². The van der Waals surface area contributed by atoms with Gasteiger partial charge >= 0.3 is 5.88 Å². The maximum absolute atomic E-state index is 13.1. The molecule has 9 nitrogen and oxygen atoms in total. The van der Waals surface area contributed by atoms with Crippen molar-refractivity contribution in [2.45, 2.75) is 89.4 Å². The van der Waals surface area contributed by atoms with Gasteiger partial charge in [-0.15, -0.1) is 16.8 Å². The number of aromatic hydroxyl groups is 1. The minimum absolute atomic E-state index is 0.00351. The van der Waals surface area contributed by atoms with Crippen LogP contribution >= 0.6 is 11.8 Å². The number of anilines is 1. The van der Waals surface area contributed by atoms with Gasteiger partial charge < -0.3 is 10.0 Å². The van der Waals surface area contributed by atoms with E-state index in [1.807, 2.05) is 22.0 Å². The van der Waals surface area contributed by atoms with E-state index in [1.165, 1.54) is 18.2 Å². The summed E-state index contributed by atoms with van der Waals surface area (Å²) in [4.78, 5) is 30.1. The molecule has 0 unspecified atom stereocenters. The van der Waals surface area contributed by atoms with Crippen LogP contribution in [0.3, 0.4) is 0 Å². The average Bonchev–Trinajstić information content (AvgIpc) is 3.35. The number of amides is 2. The van der Waals surface area contributed by atoms with Crippen molar-refractivity contribution in [3.05, 3.63) is 29.5 Å². The topological polar surface area (TPSA) is 103 Å². The Labute approximate surface area is 236 Å². The highest BCUT2D eigenvalue weighted by Gasteiger charge is 2.30. The number of carbonyl (C=O) groups is 2. The number of hydrogen-bond donors (Lipinski definition) is 2. The zero-order chi connectivity index (χ0) is 28.4. The Morgan fingerprint density at radius 3 is 2.18 bits per heavy atom. The smallest absolute Gasteiger partial charge is 0.305 e. The van der Waals surface area contributed by atoms with Gasteiger partial charge in [-0.2, -0.15) is 0 Å². The molecule has 1 saturated heterocycles. The summed E-state index contributed by atoms with van der Waals surface area (Å²) in [5, 5.41) is 19.9. The molecule has 10 heteroatoms. The summed E-state index contributed by atoms with van der Waals surface area (Å²) < 4.78 is 5.35. The molecule has 4 rings (SSSR count). The molecule has 2 amide bonds. The predicted molar refractivity (Wildman–Crippen MR) is 153 cm³/mol. The first-order valence-electron chi connectivity index (χ1n) is 14.1. The number of rotatable bonds is 6. The second kappa shape index (κ2) is 11.8. The number of piperazine rings is 1. The molecule has 2 aromatic rings. The molecule has 0 radical (unpaired) electrons. The van der Waals surface area contributed by atoms with Crippen LogP contribution in [0, 0.1) is 5.92 Å². The van der Waals surface area contributed by atoms with Crippen LogP contribution in [-0.2, 0) is 20.4 Å². The molecule has 2 fully saturated rings. The molecule has 2 N–H and O–H groups in total. The van der Waals surface area contributed by atoms with Crippen molar-refractivity contribution in [1.29, 1.82) is 0 Å².